The second kappa shape index (κ2) is 4.98. The number of Topliss-reactive ketones (excluding diaryl/α,β-unsaturated/α-hetero) is 1. The Balaban J connectivity index is 2.43. The molecule has 88 valence electrons. The van der Waals surface area contributed by atoms with Gasteiger partial charge in [-0.1, -0.05) is 17.7 Å². The van der Waals surface area contributed by atoms with Gasteiger partial charge in [0.25, 0.3) is 0 Å². The van der Waals surface area contributed by atoms with Crippen LogP contribution in [0.5, 0.6) is 0 Å². The van der Waals surface area contributed by atoms with E-state index in [1.165, 1.54) is 16.9 Å². The topological polar surface area (TPSA) is 30.0 Å². The van der Waals surface area contributed by atoms with Gasteiger partial charge in [0.05, 0.1) is 5.88 Å². The first-order valence-electron chi connectivity index (χ1n) is 5.24. The van der Waals surface area contributed by atoms with Crippen LogP contribution >= 0.6 is 22.9 Å². The lowest BCUT2D eigenvalue weighted by Gasteiger charge is -2.03. The van der Waals surface area contributed by atoms with Crippen LogP contribution in [0, 0.1) is 13.8 Å². The van der Waals surface area contributed by atoms with Crippen LogP contribution in [-0.2, 0) is 0 Å². The van der Waals surface area contributed by atoms with Crippen LogP contribution in [0.1, 0.15) is 21.6 Å². The SMILES string of the molecule is Cc1ccc(C)c(-c2nc(C(=O)CCl)cs2)c1. The summed E-state index contributed by atoms with van der Waals surface area (Å²) in [5, 5.41) is 2.64. The second-order valence-electron chi connectivity index (χ2n) is 3.91. The standard InChI is InChI=1S/C13H12ClNOS/c1-8-3-4-9(2)10(5-8)13-15-11(7-17-13)12(16)6-14/h3-5,7H,6H2,1-2H3. The molecule has 1 aromatic carbocycles. The molecule has 0 radical (unpaired) electrons. The van der Waals surface area contributed by atoms with Crippen molar-refractivity contribution in [1.82, 2.24) is 4.98 Å². The minimum absolute atomic E-state index is 0.0179. The van der Waals surface area contributed by atoms with Gasteiger partial charge >= 0.3 is 0 Å². The highest BCUT2D eigenvalue weighted by Gasteiger charge is 2.12. The monoisotopic (exact) mass is 265 g/mol. The van der Waals surface area contributed by atoms with E-state index in [9.17, 15) is 4.79 Å². The lowest BCUT2D eigenvalue weighted by atomic mass is 10.1. The van der Waals surface area contributed by atoms with E-state index in [0.29, 0.717) is 5.69 Å². The van der Waals surface area contributed by atoms with Crippen molar-refractivity contribution in [3.63, 3.8) is 0 Å². The summed E-state index contributed by atoms with van der Waals surface area (Å²) in [5.74, 6) is -0.143. The molecule has 2 aromatic rings. The average molecular weight is 266 g/mol. The van der Waals surface area contributed by atoms with E-state index in [2.05, 4.69) is 23.2 Å². The summed E-state index contributed by atoms with van der Waals surface area (Å²) in [7, 11) is 0. The van der Waals surface area contributed by atoms with Crippen molar-refractivity contribution in [2.45, 2.75) is 13.8 Å². The van der Waals surface area contributed by atoms with E-state index in [0.717, 1.165) is 16.1 Å². The third kappa shape index (κ3) is 2.56. The van der Waals surface area contributed by atoms with Crippen LogP contribution in [0.2, 0.25) is 0 Å². The summed E-state index contributed by atoms with van der Waals surface area (Å²) < 4.78 is 0. The summed E-state index contributed by atoms with van der Waals surface area (Å²) in [6.45, 7) is 4.08. The molecule has 1 aromatic heterocycles. The fraction of sp³-hybridized carbons (Fsp3) is 0.231. The highest BCUT2D eigenvalue weighted by molar-refractivity contribution is 7.13. The molecule has 0 saturated carbocycles. The first-order valence-corrected chi connectivity index (χ1v) is 6.65. The molecule has 2 rings (SSSR count). The van der Waals surface area contributed by atoms with Crippen molar-refractivity contribution in [3.05, 3.63) is 40.4 Å². The maximum atomic E-state index is 11.4. The molecule has 0 spiro atoms. The van der Waals surface area contributed by atoms with Gasteiger partial charge < -0.3 is 0 Å². The Kier molecular flexibility index (Phi) is 3.60. The lowest BCUT2D eigenvalue weighted by molar-refractivity contribution is 0.101. The summed E-state index contributed by atoms with van der Waals surface area (Å²) in [6.07, 6.45) is 0. The normalized spacial score (nSPS) is 10.5. The number of aromatic nitrogens is 1. The first-order chi connectivity index (χ1) is 8.11. The first kappa shape index (κ1) is 12.3. The van der Waals surface area contributed by atoms with Gasteiger partial charge in [-0.05, 0) is 25.5 Å². The number of hydrogen-bond acceptors (Lipinski definition) is 3. The number of aryl methyl sites for hydroxylation is 2. The molecule has 0 aliphatic rings. The number of rotatable bonds is 3. The molecular formula is C13H12ClNOS. The molecule has 0 amide bonds. The fourth-order valence-corrected chi connectivity index (χ4v) is 2.60. The summed E-state index contributed by atoms with van der Waals surface area (Å²) in [5.41, 5.74) is 3.89. The molecule has 0 atom stereocenters. The van der Waals surface area contributed by atoms with Gasteiger partial charge in [0.1, 0.15) is 10.7 Å². The zero-order valence-electron chi connectivity index (χ0n) is 9.66. The molecule has 17 heavy (non-hydrogen) atoms. The molecule has 0 unspecified atom stereocenters. The van der Waals surface area contributed by atoms with Crippen LogP contribution in [-0.4, -0.2) is 16.6 Å². The number of alkyl halides is 1. The Bertz CT molecular complexity index is 562. The Morgan fingerprint density at radius 3 is 2.88 bits per heavy atom. The molecule has 0 aliphatic carbocycles. The van der Waals surface area contributed by atoms with Gasteiger partial charge in [-0.15, -0.1) is 22.9 Å². The largest absolute Gasteiger partial charge is 0.291 e. The minimum atomic E-state index is -0.125. The Morgan fingerprint density at radius 1 is 1.41 bits per heavy atom. The van der Waals surface area contributed by atoms with Crippen molar-refractivity contribution < 1.29 is 4.79 Å². The van der Waals surface area contributed by atoms with Crippen LogP contribution in [0.4, 0.5) is 0 Å². The van der Waals surface area contributed by atoms with Gasteiger partial charge in [-0.2, -0.15) is 0 Å². The smallest absolute Gasteiger partial charge is 0.196 e. The van der Waals surface area contributed by atoms with Crippen LogP contribution < -0.4 is 0 Å². The molecule has 1 heterocycles. The lowest BCUT2D eigenvalue weighted by Crippen LogP contribution is -2.00. The molecule has 0 aliphatic heterocycles. The van der Waals surface area contributed by atoms with Gasteiger partial charge in [-0.3, -0.25) is 4.79 Å². The highest BCUT2D eigenvalue weighted by atomic mass is 35.5. The number of carbonyl (C=O) groups is 1. The van der Waals surface area contributed by atoms with Crippen molar-refractivity contribution in [1.29, 1.82) is 0 Å². The number of carbonyl (C=O) groups excluding carboxylic acids is 1. The predicted molar refractivity (Wildman–Crippen MR) is 72.1 cm³/mol. The van der Waals surface area contributed by atoms with E-state index < -0.39 is 0 Å². The number of benzene rings is 1. The Morgan fingerprint density at radius 2 is 2.18 bits per heavy atom. The van der Waals surface area contributed by atoms with Crippen LogP contribution in [0.15, 0.2) is 23.6 Å². The zero-order valence-corrected chi connectivity index (χ0v) is 11.2. The minimum Gasteiger partial charge on any atom is -0.291 e. The Labute approximate surface area is 109 Å². The van der Waals surface area contributed by atoms with E-state index >= 15 is 0 Å². The highest BCUT2D eigenvalue weighted by Crippen LogP contribution is 2.27. The van der Waals surface area contributed by atoms with Crippen molar-refractivity contribution in [2.24, 2.45) is 0 Å². The van der Waals surface area contributed by atoms with E-state index in [4.69, 9.17) is 11.6 Å². The summed E-state index contributed by atoms with van der Waals surface area (Å²) in [6, 6.07) is 6.22. The van der Waals surface area contributed by atoms with Gasteiger partial charge in [0.2, 0.25) is 0 Å². The van der Waals surface area contributed by atoms with E-state index in [-0.39, 0.29) is 11.7 Å². The molecule has 0 saturated heterocycles. The van der Waals surface area contributed by atoms with Crippen molar-refractivity contribution in [3.8, 4) is 10.6 Å². The van der Waals surface area contributed by atoms with Crippen molar-refractivity contribution >= 4 is 28.7 Å². The van der Waals surface area contributed by atoms with Crippen LogP contribution in [0.25, 0.3) is 10.6 Å². The zero-order chi connectivity index (χ0) is 12.4. The number of ketones is 1. The second-order valence-corrected chi connectivity index (χ2v) is 5.04. The van der Waals surface area contributed by atoms with Gasteiger partial charge in [0.15, 0.2) is 5.78 Å². The number of halogens is 1. The third-order valence-electron chi connectivity index (χ3n) is 2.53. The number of hydrogen-bond donors (Lipinski definition) is 0. The quantitative estimate of drug-likeness (QED) is 0.623. The number of thiazole rings is 1. The molecule has 0 bridgehead atoms. The molecule has 0 N–H and O–H groups in total. The number of nitrogens with zero attached hydrogens (tertiary/aromatic N) is 1. The summed E-state index contributed by atoms with van der Waals surface area (Å²) in [4.78, 5) is 15.8. The Hall–Kier alpha value is -1.19. The predicted octanol–water partition coefficient (Wildman–Crippen LogP) is 3.85. The summed E-state index contributed by atoms with van der Waals surface area (Å²) >= 11 is 6.99. The molecule has 0 fully saturated rings. The van der Waals surface area contributed by atoms with Gasteiger partial charge in [-0.25, -0.2) is 4.98 Å². The van der Waals surface area contributed by atoms with E-state index in [1.54, 1.807) is 5.38 Å². The van der Waals surface area contributed by atoms with Gasteiger partial charge in [0, 0.05) is 10.9 Å². The fourth-order valence-electron chi connectivity index (χ4n) is 1.56. The molecule has 4 heteroatoms. The maximum absolute atomic E-state index is 11.4. The van der Waals surface area contributed by atoms with E-state index in [1.807, 2.05) is 13.8 Å². The average Bonchev–Trinajstić information content (AvgIpc) is 2.80. The third-order valence-corrected chi connectivity index (χ3v) is 3.65. The van der Waals surface area contributed by atoms with Crippen LogP contribution in [0.3, 0.4) is 0 Å². The van der Waals surface area contributed by atoms with Crippen molar-refractivity contribution in [2.75, 3.05) is 5.88 Å². The molecule has 2 nitrogen and oxygen atoms in total. The maximum Gasteiger partial charge on any atom is 0.196 e. The molecular weight excluding hydrogens is 254 g/mol.